The molecule has 1 aromatic carbocycles. The van der Waals surface area contributed by atoms with Crippen LogP contribution in [0.5, 0.6) is 0 Å². The smallest absolute Gasteiger partial charge is 0.191 e. The van der Waals surface area contributed by atoms with Crippen molar-refractivity contribution in [3.8, 4) is 0 Å². The summed E-state index contributed by atoms with van der Waals surface area (Å²) in [5.41, 5.74) is 2.50. The number of nitrogens with one attached hydrogen (secondary N) is 3. The van der Waals surface area contributed by atoms with E-state index in [1.807, 2.05) is 19.2 Å². The number of aliphatic imine (C=N–C) groups is 1. The Kier molecular flexibility index (Phi) is 7.60. The summed E-state index contributed by atoms with van der Waals surface area (Å²) in [6, 6.07) is 12.4. The van der Waals surface area contributed by atoms with Crippen LogP contribution < -0.4 is 15.5 Å². The van der Waals surface area contributed by atoms with Crippen LogP contribution in [-0.2, 0) is 6.42 Å². The van der Waals surface area contributed by atoms with Gasteiger partial charge in [0.1, 0.15) is 5.82 Å². The predicted molar refractivity (Wildman–Crippen MR) is 132 cm³/mol. The van der Waals surface area contributed by atoms with Crippen molar-refractivity contribution in [1.29, 1.82) is 0 Å². The van der Waals surface area contributed by atoms with E-state index in [1.165, 1.54) is 16.5 Å². The Morgan fingerprint density at radius 1 is 1.31 bits per heavy atom. The van der Waals surface area contributed by atoms with Crippen molar-refractivity contribution in [2.75, 3.05) is 31.6 Å². The molecule has 3 aromatic rings. The molecule has 0 spiro atoms. The van der Waals surface area contributed by atoms with E-state index in [2.05, 4.69) is 61.0 Å². The number of hydrogen-bond acceptors (Lipinski definition) is 3. The molecule has 4 rings (SSSR count). The Labute approximate surface area is 193 Å². The number of pyridine rings is 1. The number of nitrogens with zero attached hydrogens (tertiary/aromatic N) is 3. The number of para-hydroxylation sites is 1. The monoisotopic (exact) mass is 524 g/mol. The second-order valence-electron chi connectivity index (χ2n) is 6.99. The Hall–Kier alpha value is -2.00. The summed E-state index contributed by atoms with van der Waals surface area (Å²) in [5.74, 6) is 1.69. The SMILES string of the molecule is CN=C(NCCc1c[nH]c2ccccc12)NC1CCN(c2ncccc2Cl)C1.I. The quantitative estimate of drug-likeness (QED) is 0.270. The van der Waals surface area contributed by atoms with Crippen LogP contribution in [0.1, 0.15) is 12.0 Å². The fourth-order valence-corrected chi connectivity index (χ4v) is 3.96. The van der Waals surface area contributed by atoms with Gasteiger partial charge in [0.15, 0.2) is 5.96 Å². The topological polar surface area (TPSA) is 68.3 Å². The van der Waals surface area contributed by atoms with Crippen molar-refractivity contribution in [1.82, 2.24) is 20.6 Å². The zero-order valence-corrected chi connectivity index (χ0v) is 19.4. The Morgan fingerprint density at radius 3 is 3.00 bits per heavy atom. The minimum atomic E-state index is 0. The maximum absolute atomic E-state index is 6.28. The third-order valence-corrected chi connectivity index (χ3v) is 5.45. The highest BCUT2D eigenvalue weighted by atomic mass is 127. The van der Waals surface area contributed by atoms with Gasteiger partial charge in [-0.05, 0) is 36.6 Å². The minimum Gasteiger partial charge on any atom is -0.361 e. The first kappa shape index (κ1) is 21.7. The molecule has 1 saturated heterocycles. The van der Waals surface area contributed by atoms with Gasteiger partial charge < -0.3 is 20.5 Å². The zero-order chi connectivity index (χ0) is 19.3. The maximum Gasteiger partial charge on any atom is 0.191 e. The molecule has 8 heteroatoms. The van der Waals surface area contributed by atoms with Crippen molar-refractivity contribution in [2.24, 2.45) is 4.99 Å². The van der Waals surface area contributed by atoms with Gasteiger partial charge in [-0.2, -0.15) is 0 Å². The molecule has 154 valence electrons. The van der Waals surface area contributed by atoms with Crippen LogP contribution in [0.25, 0.3) is 10.9 Å². The Bertz CT molecular complexity index is 972. The number of guanidine groups is 1. The molecule has 0 bridgehead atoms. The third kappa shape index (κ3) is 5.14. The predicted octanol–water partition coefficient (Wildman–Crippen LogP) is 3.82. The van der Waals surface area contributed by atoms with Crippen molar-refractivity contribution in [3.63, 3.8) is 0 Å². The number of fused-ring (bicyclic) bond motifs is 1. The molecule has 0 radical (unpaired) electrons. The van der Waals surface area contributed by atoms with Crippen LogP contribution >= 0.6 is 35.6 Å². The van der Waals surface area contributed by atoms with E-state index in [0.717, 1.165) is 44.3 Å². The fourth-order valence-electron chi connectivity index (χ4n) is 3.72. The van der Waals surface area contributed by atoms with Gasteiger partial charge in [0.25, 0.3) is 0 Å². The second-order valence-corrected chi connectivity index (χ2v) is 7.40. The molecule has 0 saturated carbocycles. The van der Waals surface area contributed by atoms with E-state index in [-0.39, 0.29) is 24.0 Å². The van der Waals surface area contributed by atoms with Crippen molar-refractivity contribution >= 4 is 58.3 Å². The Balaban J connectivity index is 0.00000240. The number of H-pyrrole nitrogens is 1. The molecule has 3 N–H and O–H groups in total. The Morgan fingerprint density at radius 2 is 2.17 bits per heavy atom. The highest BCUT2D eigenvalue weighted by Gasteiger charge is 2.25. The van der Waals surface area contributed by atoms with Crippen LogP contribution in [0.2, 0.25) is 5.02 Å². The normalized spacial score (nSPS) is 16.7. The molecule has 1 atom stereocenters. The van der Waals surface area contributed by atoms with Crippen LogP contribution in [0, 0.1) is 0 Å². The lowest BCUT2D eigenvalue weighted by molar-refractivity contribution is 0.648. The molecule has 1 unspecified atom stereocenters. The number of hydrogen-bond donors (Lipinski definition) is 3. The van der Waals surface area contributed by atoms with Crippen molar-refractivity contribution in [3.05, 3.63) is 59.4 Å². The summed E-state index contributed by atoms with van der Waals surface area (Å²) >= 11 is 6.28. The van der Waals surface area contributed by atoms with Crippen molar-refractivity contribution in [2.45, 2.75) is 18.9 Å². The van der Waals surface area contributed by atoms with Gasteiger partial charge in [-0.1, -0.05) is 29.8 Å². The van der Waals surface area contributed by atoms with E-state index in [9.17, 15) is 0 Å². The number of aromatic amines is 1. The van der Waals surface area contributed by atoms with Crippen molar-refractivity contribution < 1.29 is 0 Å². The van der Waals surface area contributed by atoms with Gasteiger partial charge in [0.05, 0.1) is 5.02 Å². The molecule has 6 nitrogen and oxygen atoms in total. The summed E-state index contributed by atoms with van der Waals surface area (Å²) in [6.45, 7) is 2.62. The highest BCUT2D eigenvalue weighted by Crippen LogP contribution is 2.25. The molecule has 29 heavy (non-hydrogen) atoms. The zero-order valence-electron chi connectivity index (χ0n) is 16.4. The summed E-state index contributed by atoms with van der Waals surface area (Å²) in [7, 11) is 1.81. The summed E-state index contributed by atoms with van der Waals surface area (Å²) in [4.78, 5) is 14.3. The first-order valence-corrected chi connectivity index (χ1v) is 10.00. The fraction of sp³-hybridized carbons (Fsp3) is 0.333. The number of halogens is 2. The molecule has 2 aromatic heterocycles. The third-order valence-electron chi connectivity index (χ3n) is 5.15. The van der Waals surface area contributed by atoms with Gasteiger partial charge in [-0.3, -0.25) is 4.99 Å². The second kappa shape index (κ2) is 10.2. The number of benzene rings is 1. The van der Waals surface area contributed by atoms with Crippen LogP contribution in [-0.4, -0.2) is 48.7 Å². The van der Waals surface area contributed by atoms with Gasteiger partial charge in [0.2, 0.25) is 0 Å². The summed E-state index contributed by atoms with van der Waals surface area (Å²) < 4.78 is 0. The number of anilines is 1. The largest absolute Gasteiger partial charge is 0.361 e. The highest BCUT2D eigenvalue weighted by molar-refractivity contribution is 14.0. The van der Waals surface area contributed by atoms with Gasteiger partial charge >= 0.3 is 0 Å². The lowest BCUT2D eigenvalue weighted by Gasteiger charge is -2.20. The van der Waals surface area contributed by atoms with Crippen LogP contribution in [0.15, 0.2) is 53.8 Å². The van der Waals surface area contributed by atoms with E-state index >= 15 is 0 Å². The lowest BCUT2D eigenvalue weighted by atomic mass is 10.1. The molecular formula is C21H26ClIN6. The van der Waals surface area contributed by atoms with Gasteiger partial charge in [-0.15, -0.1) is 24.0 Å². The first-order chi connectivity index (χ1) is 13.7. The molecule has 0 aliphatic carbocycles. The first-order valence-electron chi connectivity index (χ1n) is 9.62. The van der Waals surface area contributed by atoms with E-state index in [1.54, 1.807) is 6.20 Å². The average Bonchev–Trinajstić information content (AvgIpc) is 3.35. The lowest BCUT2D eigenvalue weighted by Crippen LogP contribution is -2.45. The van der Waals surface area contributed by atoms with Gasteiger partial charge in [0, 0.05) is 56.0 Å². The molecular weight excluding hydrogens is 499 g/mol. The van der Waals surface area contributed by atoms with Crippen LogP contribution in [0.3, 0.4) is 0 Å². The van der Waals surface area contributed by atoms with Gasteiger partial charge in [-0.25, -0.2) is 4.98 Å². The number of aromatic nitrogens is 2. The average molecular weight is 525 g/mol. The molecule has 3 heterocycles. The summed E-state index contributed by atoms with van der Waals surface area (Å²) in [6.07, 6.45) is 5.84. The van der Waals surface area contributed by atoms with E-state index < -0.39 is 0 Å². The summed E-state index contributed by atoms with van der Waals surface area (Å²) in [5, 5.41) is 8.93. The number of rotatable bonds is 5. The molecule has 1 fully saturated rings. The van der Waals surface area contributed by atoms with Crippen LogP contribution in [0.4, 0.5) is 5.82 Å². The minimum absolute atomic E-state index is 0. The molecule has 1 aliphatic heterocycles. The van der Waals surface area contributed by atoms with E-state index in [0.29, 0.717) is 11.1 Å². The maximum atomic E-state index is 6.28. The van der Waals surface area contributed by atoms with E-state index in [4.69, 9.17) is 11.6 Å². The molecule has 1 aliphatic rings. The standard InChI is InChI=1S/C21H25ClN6.HI/c1-23-21(25-11-8-15-13-26-19-7-3-2-5-17(15)19)27-16-9-12-28(14-16)20-18(22)6-4-10-24-20;/h2-7,10,13,16,26H,8-9,11-12,14H2,1H3,(H2,23,25,27);1H. The molecule has 0 amide bonds.